The van der Waals surface area contributed by atoms with Crippen LogP contribution in [0.25, 0.3) is 0 Å². The first-order chi connectivity index (χ1) is 10.5. The third kappa shape index (κ3) is 3.88. The van der Waals surface area contributed by atoms with Crippen molar-refractivity contribution in [3.63, 3.8) is 0 Å². The van der Waals surface area contributed by atoms with Crippen LogP contribution in [0.5, 0.6) is 11.5 Å². The molecule has 2 aromatic rings. The van der Waals surface area contributed by atoms with Gasteiger partial charge in [0.25, 0.3) is 0 Å². The molecule has 0 radical (unpaired) electrons. The van der Waals surface area contributed by atoms with Crippen LogP contribution in [0.1, 0.15) is 12.6 Å². The molecule has 1 aromatic heterocycles. The van der Waals surface area contributed by atoms with Gasteiger partial charge in [0.2, 0.25) is 5.91 Å². The second kappa shape index (κ2) is 7.13. The normalized spacial score (nSPS) is 11.6. The van der Waals surface area contributed by atoms with Crippen molar-refractivity contribution in [2.45, 2.75) is 19.9 Å². The Balaban J connectivity index is 2.04. The Bertz CT molecular complexity index is 657. The molecule has 0 saturated heterocycles. The number of thiazole rings is 1. The number of rotatable bonds is 6. The standard InChI is InChI=1S/C15H19N3O3S/c1-9-8-22-15(16-9)18-14(19)10(2)17-12-6-5-11(20-3)7-13(12)21-4/h5-8,10,17H,1-4H3,(H,16,18,19)/t10-/m0/s1. The van der Waals surface area contributed by atoms with Crippen molar-refractivity contribution in [3.05, 3.63) is 29.3 Å². The van der Waals surface area contributed by atoms with Crippen LogP contribution in [0.2, 0.25) is 0 Å². The zero-order valence-corrected chi connectivity index (χ0v) is 13.8. The third-order valence-electron chi connectivity index (χ3n) is 3.02. The number of ether oxygens (including phenoxy) is 2. The highest BCUT2D eigenvalue weighted by molar-refractivity contribution is 7.13. The minimum Gasteiger partial charge on any atom is -0.497 e. The lowest BCUT2D eigenvalue weighted by Gasteiger charge is -2.17. The molecule has 7 heteroatoms. The van der Waals surface area contributed by atoms with Gasteiger partial charge in [-0.05, 0) is 26.0 Å². The van der Waals surface area contributed by atoms with Crippen molar-refractivity contribution in [1.82, 2.24) is 4.98 Å². The van der Waals surface area contributed by atoms with Crippen molar-refractivity contribution >= 4 is 28.1 Å². The summed E-state index contributed by atoms with van der Waals surface area (Å²) in [6, 6.07) is 4.94. The first kappa shape index (κ1) is 16.1. The summed E-state index contributed by atoms with van der Waals surface area (Å²) in [6.07, 6.45) is 0. The van der Waals surface area contributed by atoms with Gasteiger partial charge in [0.05, 0.1) is 25.6 Å². The highest BCUT2D eigenvalue weighted by Crippen LogP contribution is 2.29. The minimum absolute atomic E-state index is 0.160. The summed E-state index contributed by atoms with van der Waals surface area (Å²) in [5.41, 5.74) is 1.61. The van der Waals surface area contributed by atoms with Crippen LogP contribution in [0.15, 0.2) is 23.6 Å². The van der Waals surface area contributed by atoms with Crippen molar-refractivity contribution in [2.75, 3.05) is 24.9 Å². The Morgan fingerprint density at radius 1 is 1.32 bits per heavy atom. The van der Waals surface area contributed by atoms with E-state index < -0.39 is 6.04 Å². The summed E-state index contributed by atoms with van der Waals surface area (Å²) in [7, 11) is 3.16. The van der Waals surface area contributed by atoms with Gasteiger partial charge >= 0.3 is 0 Å². The number of aromatic nitrogens is 1. The van der Waals surface area contributed by atoms with Gasteiger partial charge in [-0.1, -0.05) is 0 Å². The summed E-state index contributed by atoms with van der Waals surface area (Å²) < 4.78 is 10.5. The zero-order chi connectivity index (χ0) is 16.1. The van der Waals surface area contributed by atoms with Crippen LogP contribution in [-0.4, -0.2) is 31.2 Å². The van der Waals surface area contributed by atoms with E-state index in [1.165, 1.54) is 11.3 Å². The Morgan fingerprint density at radius 3 is 2.68 bits per heavy atom. The van der Waals surface area contributed by atoms with E-state index in [4.69, 9.17) is 9.47 Å². The Kier molecular flexibility index (Phi) is 5.21. The molecule has 2 rings (SSSR count). The molecule has 0 aliphatic carbocycles. The molecule has 1 atom stereocenters. The van der Waals surface area contributed by atoms with Crippen molar-refractivity contribution < 1.29 is 14.3 Å². The smallest absolute Gasteiger partial charge is 0.248 e. The average Bonchev–Trinajstić information content (AvgIpc) is 2.92. The lowest BCUT2D eigenvalue weighted by atomic mass is 10.2. The fourth-order valence-corrected chi connectivity index (χ4v) is 2.53. The van der Waals surface area contributed by atoms with E-state index in [1.807, 2.05) is 18.4 Å². The van der Waals surface area contributed by atoms with Gasteiger partial charge in [-0.15, -0.1) is 11.3 Å². The summed E-state index contributed by atoms with van der Waals surface area (Å²) in [5.74, 6) is 1.15. The van der Waals surface area contributed by atoms with Crippen molar-refractivity contribution in [3.8, 4) is 11.5 Å². The van der Waals surface area contributed by atoms with Gasteiger partial charge < -0.3 is 20.1 Å². The van der Waals surface area contributed by atoms with E-state index in [1.54, 1.807) is 33.3 Å². The molecule has 118 valence electrons. The molecule has 0 saturated carbocycles. The number of methoxy groups -OCH3 is 2. The molecule has 0 bridgehead atoms. The van der Waals surface area contributed by atoms with Crippen LogP contribution in [0.4, 0.5) is 10.8 Å². The molecular formula is C15H19N3O3S. The quantitative estimate of drug-likeness (QED) is 0.856. The highest BCUT2D eigenvalue weighted by Gasteiger charge is 2.16. The molecular weight excluding hydrogens is 302 g/mol. The fraction of sp³-hybridized carbons (Fsp3) is 0.333. The van der Waals surface area contributed by atoms with Crippen molar-refractivity contribution in [1.29, 1.82) is 0 Å². The highest BCUT2D eigenvalue weighted by atomic mass is 32.1. The number of hydrogen-bond acceptors (Lipinski definition) is 6. The molecule has 22 heavy (non-hydrogen) atoms. The van der Waals surface area contributed by atoms with Crippen molar-refractivity contribution in [2.24, 2.45) is 0 Å². The van der Waals surface area contributed by atoms with Gasteiger partial charge in [0.1, 0.15) is 17.5 Å². The number of carbonyl (C=O) groups excluding carboxylic acids is 1. The minimum atomic E-state index is -0.438. The predicted molar refractivity (Wildman–Crippen MR) is 88.1 cm³/mol. The molecule has 1 heterocycles. The van der Waals surface area contributed by atoms with E-state index in [0.717, 1.165) is 11.4 Å². The number of hydrogen-bond donors (Lipinski definition) is 2. The van der Waals surface area contributed by atoms with Crippen LogP contribution in [0, 0.1) is 6.92 Å². The fourth-order valence-electron chi connectivity index (χ4n) is 1.84. The van der Waals surface area contributed by atoms with Crippen LogP contribution in [0.3, 0.4) is 0 Å². The maximum Gasteiger partial charge on any atom is 0.248 e. The molecule has 0 spiro atoms. The molecule has 1 aromatic carbocycles. The molecule has 6 nitrogen and oxygen atoms in total. The first-order valence-electron chi connectivity index (χ1n) is 6.75. The zero-order valence-electron chi connectivity index (χ0n) is 13.0. The van der Waals surface area contributed by atoms with Gasteiger partial charge in [0, 0.05) is 11.4 Å². The number of benzene rings is 1. The van der Waals surface area contributed by atoms with E-state index in [-0.39, 0.29) is 5.91 Å². The number of nitrogens with one attached hydrogen (secondary N) is 2. The summed E-state index contributed by atoms with van der Waals surface area (Å²) in [5, 5.41) is 8.39. The maximum absolute atomic E-state index is 12.2. The lowest BCUT2D eigenvalue weighted by Crippen LogP contribution is -2.32. The second-order valence-corrected chi connectivity index (χ2v) is 5.57. The Hall–Kier alpha value is -2.28. The monoisotopic (exact) mass is 321 g/mol. The van der Waals surface area contributed by atoms with Crippen LogP contribution in [-0.2, 0) is 4.79 Å². The first-order valence-corrected chi connectivity index (χ1v) is 7.63. The third-order valence-corrected chi connectivity index (χ3v) is 3.90. The summed E-state index contributed by atoms with van der Waals surface area (Å²) in [4.78, 5) is 16.4. The van der Waals surface area contributed by atoms with Gasteiger partial charge in [-0.2, -0.15) is 0 Å². The number of amides is 1. The van der Waals surface area contributed by atoms with Gasteiger partial charge in [-0.25, -0.2) is 4.98 Å². The van der Waals surface area contributed by atoms with E-state index in [9.17, 15) is 4.79 Å². The molecule has 0 unspecified atom stereocenters. The van der Waals surface area contributed by atoms with E-state index >= 15 is 0 Å². The number of carbonyl (C=O) groups is 1. The number of anilines is 2. The molecule has 0 aliphatic rings. The van der Waals surface area contributed by atoms with E-state index in [0.29, 0.717) is 16.6 Å². The lowest BCUT2D eigenvalue weighted by molar-refractivity contribution is -0.116. The number of nitrogens with zero attached hydrogens (tertiary/aromatic N) is 1. The van der Waals surface area contributed by atoms with Gasteiger partial charge in [0.15, 0.2) is 5.13 Å². The maximum atomic E-state index is 12.2. The van der Waals surface area contributed by atoms with E-state index in [2.05, 4.69) is 15.6 Å². The van der Waals surface area contributed by atoms with Crippen LogP contribution < -0.4 is 20.1 Å². The molecule has 0 aliphatic heterocycles. The topological polar surface area (TPSA) is 72.5 Å². The van der Waals surface area contributed by atoms with Crippen LogP contribution >= 0.6 is 11.3 Å². The Labute approximate surface area is 133 Å². The average molecular weight is 321 g/mol. The van der Waals surface area contributed by atoms with Gasteiger partial charge in [-0.3, -0.25) is 4.79 Å². The second-order valence-electron chi connectivity index (χ2n) is 4.72. The SMILES string of the molecule is COc1ccc(N[C@@H](C)C(=O)Nc2nc(C)cs2)c(OC)c1. The number of aryl methyl sites for hydroxylation is 1. The summed E-state index contributed by atoms with van der Waals surface area (Å²) >= 11 is 1.40. The predicted octanol–water partition coefficient (Wildman–Crippen LogP) is 2.91. The molecule has 2 N–H and O–H groups in total. The molecule has 1 amide bonds. The largest absolute Gasteiger partial charge is 0.497 e. The Morgan fingerprint density at radius 2 is 2.09 bits per heavy atom. The molecule has 0 fully saturated rings. The summed E-state index contributed by atoms with van der Waals surface area (Å²) in [6.45, 7) is 3.66.